The molecular weight excluding hydrogens is 630 g/mol. The predicted octanol–water partition coefficient (Wildman–Crippen LogP) is 5.02. The number of ether oxygens (including phenoxy) is 4. The van der Waals surface area contributed by atoms with Crippen LogP contribution in [0.2, 0.25) is 0 Å². The van der Waals surface area contributed by atoms with Gasteiger partial charge < -0.3 is 30.0 Å². The molecule has 2 atom stereocenters. The number of nitrogens with two attached hydrogens (primary N) is 1. The van der Waals surface area contributed by atoms with Crippen LogP contribution in [0.3, 0.4) is 0 Å². The molecule has 2 aromatic rings. The average Bonchev–Trinajstić information content (AvgIpc) is 3.18. The molecule has 15 heteroatoms. The third-order valence-corrected chi connectivity index (χ3v) is 6.79. The molecule has 226 valence electrons. The van der Waals surface area contributed by atoms with Crippen LogP contribution in [-0.2, 0) is 25.6 Å². The van der Waals surface area contributed by atoms with Gasteiger partial charge in [0, 0.05) is 17.4 Å². The minimum Gasteiger partial charge on any atom is -0.471 e. The van der Waals surface area contributed by atoms with Gasteiger partial charge in [0.2, 0.25) is 5.88 Å². The number of nitrogens with zero attached hydrogens (tertiary/aromatic N) is 1. The van der Waals surface area contributed by atoms with Crippen molar-refractivity contribution in [2.24, 2.45) is 5.73 Å². The number of aromatic nitrogens is 1. The van der Waals surface area contributed by atoms with Crippen molar-refractivity contribution in [3.8, 4) is 5.88 Å². The van der Waals surface area contributed by atoms with E-state index in [1.165, 1.54) is 0 Å². The molecule has 0 saturated carbocycles. The predicted molar refractivity (Wildman–Crippen MR) is 150 cm³/mol. The van der Waals surface area contributed by atoms with Crippen LogP contribution in [0.25, 0.3) is 0 Å². The van der Waals surface area contributed by atoms with Gasteiger partial charge in [-0.05, 0) is 64.7 Å². The lowest BCUT2D eigenvalue weighted by Crippen LogP contribution is -2.46. The van der Waals surface area contributed by atoms with E-state index in [1.54, 1.807) is 34.6 Å². The van der Waals surface area contributed by atoms with Crippen molar-refractivity contribution in [3.05, 3.63) is 39.4 Å². The first-order valence-corrected chi connectivity index (χ1v) is 14.3. The SMILES string of the molecule is CC(C)(C)OC(=O)CC1CC(CCNC(=O)Nc2snc(OCc3c(F)cc(Br)cc3F)c2C(N)=O)OC(C)(C)O1. The monoisotopic (exact) mass is 662 g/mol. The van der Waals surface area contributed by atoms with E-state index in [0.29, 0.717) is 12.8 Å². The van der Waals surface area contributed by atoms with Gasteiger partial charge in [-0.1, -0.05) is 15.9 Å². The zero-order valence-corrected chi connectivity index (χ0v) is 25.7. The summed E-state index contributed by atoms with van der Waals surface area (Å²) in [5, 5.41) is 5.16. The summed E-state index contributed by atoms with van der Waals surface area (Å²) in [6.07, 6.45) is 0.180. The molecule has 2 heterocycles. The fraction of sp³-hybridized carbons (Fsp3) is 0.538. The van der Waals surface area contributed by atoms with Gasteiger partial charge in [0.1, 0.15) is 34.4 Å². The fourth-order valence-electron chi connectivity index (χ4n) is 4.11. The summed E-state index contributed by atoms with van der Waals surface area (Å²) >= 11 is 3.72. The third-order valence-electron chi connectivity index (χ3n) is 5.59. The highest BCUT2D eigenvalue weighted by molar-refractivity contribution is 9.10. The van der Waals surface area contributed by atoms with E-state index in [0.717, 1.165) is 23.7 Å². The molecule has 3 amide bonds. The van der Waals surface area contributed by atoms with Crippen LogP contribution >= 0.6 is 27.5 Å². The van der Waals surface area contributed by atoms with Gasteiger partial charge in [-0.3, -0.25) is 14.9 Å². The van der Waals surface area contributed by atoms with Crippen LogP contribution in [0.4, 0.5) is 18.6 Å². The molecule has 1 saturated heterocycles. The number of primary amides is 1. The molecule has 1 aromatic carbocycles. The van der Waals surface area contributed by atoms with Gasteiger partial charge in [-0.25, -0.2) is 13.6 Å². The van der Waals surface area contributed by atoms with Crippen molar-refractivity contribution in [3.63, 3.8) is 0 Å². The zero-order valence-electron chi connectivity index (χ0n) is 23.3. The number of carbonyl (C=O) groups excluding carboxylic acids is 3. The van der Waals surface area contributed by atoms with Crippen LogP contribution in [0.15, 0.2) is 16.6 Å². The molecule has 11 nitrogen and oxygen atoms in total. The summed E-state index contributed by atoms with van der Waals surface area (Å²) in [5.74, 6) is -4.23. The van der Waals surface area contributed by atoms with Crippen LogP contribution in [0.5, 0.6) is 5.88 Å². The minimum absolute atomic E-state index is 0.00243. The maximum absolute atomic E-state index is 14.1. The molecular formula is C26H33BrF2N4O7S. The van der Waals surface area contributed by atoms with E-state index in [-0.39, 0.29) is 51.5 Å². The maximum Gasteiger partial charge on any atom is 0.319 e. The number of halogens is 3. The number of esters is 1. The second-order valence-corrected chi connectivity index (χ2v) is 12.5. The van der Waals surface area contributed by atoms with Gasteiger partial charge in [0.15, 0.2) is 5.79 Å². The molecule has 1 fully saturated rings. The largest absolute Gasteiger partial charge is 0.471 e. The highest BCUT2D eigenvalue weighted by atomic mass is 79.9. The number of anilines is 1. The second-order valence-electron chi connectivity index (χ2n) is 10.8. The van der Waals surface area contributed by atoms with Gasteiger partial charge in [-0.2, -0.15) is 4.37 Å². The van der Waals surface area contributed by atoms with E-state index in [4.69, 9.17) is 24.7 Å². The zero-order chi connectivity index (χ0) is 30.5. The Morgan fingerprint density at radius 1 is 1.20 bits per heavy atom. The molecule has 2 unspecified atom stereocenters. The van der Waals surface area contributed by atoms with Gasteiger partial charge in [-0.15, -0.1) is 0 Å². The summed E-state index contributed by atoms with van der Waals surface area (Å²) in [6.45, 7) is 8.50. The lowest BCUT2D eigenvalue weighted by molar-refractivity contribution is -0.300. The number of hydrogen-bond acceptors (Lipinski definition) is 9. The number of amides is 3. The quantitative estimate of drug-likeness (QED) is 0.300. The molecule has 1 aliphatic rings. The Kier molecular flexibility index (Phi) is 10.7. The Bertz CT molecular complexity index is 1260. The van der Waals surface area contributed by atoms with E-state index in [1.807, 2.05) is 0 Å². The Labute approximate surface area is 248 Å². The first-order chi connectivity index (χ1) is 19.0. The number of benzene rings is 1. The fourth-order valence-corrected chi connectivity index (χ4v) is 5.25. The average molecular weight is 664 g/mol. The van der Waals surface area contributed by atoms with Gasteiger partial charge >= 0.3 is 12.0 Å². The summed E-state index contributed by atoms with van der Waals surface area (Å²) in [4.78, 5) is 36.9. The van der Waals surface area contributed by atoms with Crippen LogP contribution in [-0.4, -0.2) is 52.4 Å². The highest BCUT2D eigenvalue weighted by Crippen LogP contribution is 2.32. The topological polar surface area (TPSA) is 151 Å². The second kappa shape index (κ2) is 13.4. The molecule has 41 heavy (non-hydrogen) atoms. The first kappa shape index (κ1) is 32.6. The Balaban J connectivity index is 1.54. The van der Waals surface area contributed by atoms with Crippen LogP contribution < -0.4 is 21.1 Å². The van der Waals surface area contributed by atoms with Crippen molar-refractivity contribution < 1.29 is 42.1 Å². The number of urea groups is 1. The first-order valence-electron chi connectivity index (χ1n) is 12.7. The maximum atomic E-state index is 14.1. The standard InChI is InChI=1S/C26H33BrF2N4O7S/c1-25(2,3)40-19(34)11-15-10-14(38-26(4,5)39-15)6-7-31-24(36)32-23-20(21(30)35)22(33-41-23)37-12-16-17(28)8-13(27)9-18(16)29/h8-9,14-15H,6-7,10-12H2,1-5H3,(H2,30,35)(H2,31,32,36). The molecule has 1 aliphatic heterocycles. The normalized spacial score (nSPS) is 18.4. The van der Waals surface area contributed by atoms with E-state index >= 15 is 0 Å². The number of hydrogen-bond donors (Lipinski definition) is 3. The third kappa shape index (κ3) is 9.87. The van der Waals surface area contributed by atoms with E-state index < -0.39 is 47.7 Å². The van der Waals surface area contributed by atoms with Crippen molar-refractivity contribution in [1.29, 1.82) is 0 Å². The lowest BCUT2D eigenvalue weighted by Gasteiger charge is -2.40. The Morgan fingerprint density at radius 2 is 1.83 bits per heavy atom. The molecule has 0 bridgehead atoms. The van der Waals surface area contributed by atoms with Crippen molar-refractivity contribution in [1.82, 2.24) is 9.69 Å². The molecule has 0 spiro atoms. The number of carbonyl (C=O) groups is 3. The van der Waals surface area contributed by atoms with Gasteiger partial charge in [0.25, 0.3) is 5.91 Å². The Morgan fingerprint density at radius 3 is 2.44 bits per heavy atom. The summed E-state index contributed by atoms with van der Waals surface area (Å²) in [7, 11) is 0. The van der Waals surface area contributed by atoms with E-state index in [9.17, 15) is 23.2 Å². The Hall–Kier alpha value is -2.88. The van der Waals surface area contributed by atoms with Gasteiger partial charge in [0.05, 0.1) is 24.2 Å². The highest BCUT2D eigenvalue weighted by Gasteiger charge is 2.37. The smallest absolute Gasteiger partial charge is 0.319 e. The van der Waals surface area contributed by atoms with Crippen molar-refractivity contribution in [2.45, 2.75) is 84.1 Å². The van der Waals surface area contributed by atoms with Crippen LogP contribution in [0.1, 0.15) is 69.8 Å². The molecule has 1 aromatic heterocycles. The number of rotatable bonds is 10. The number of nitrogens with one attached hydrogen (secondary N) is 2. The molecule has 0 radical (unpaired) electrons. The van der Waals surface area contributed by atoms with Crippen LogP contribution in [0, 0.1) is 11.6 Å². The summed E-state index contributed by atoms with van der Waals surface area (Å²) in [6, 6.07) is 1.50. The lowest BCUT2D eigenvalue weighted by atomic mass is 10.0. The van der Waals surface area contributed by atoms with Crippen molar-refractivity contribution in [2.75, 3.05) is 11.9 Å². The summed E-state index contributed by atoms with van der Waals surface area (Å²) in [5.41, 5.74) is 4.24. The summed E-state index contributed by atoms with van der Waals surface area (Å²) < 4.78 is 55.0. The van der Waals surface area contributed by atoms with Crippen molar-refractivity contribution >= 4 is 50.4 Å². The molecule has 4 N–H and O–H groups in total. The molecule has 3 rings (SSSR count). The van der Waals surface area contributed by atoms with E-state index in [2.05, 4.69) is 30.9 Å². The molecule has 0 aliphatic carbocycles. The minimum atomic E-state index is -0.949.